The molecular weight excluding hydrogens is 280 g/mol. The smallest absolute Gasteiger partial charge is 0.311 e. The number of hydrogen-bond donors (Lipinski definition) is 3. The van der Waals surface area contributed by atoms with E-state index in [1.165, 1.54) is 17.8 Å². The van der Waals surface area contributed by atoms with Crippen LogP contribution in [-0.4, -0.2) is 45.7 Å². The number of anilines is 2. The molecule has 0 saturated carbocycles. The van der Waals surface area contributed by atoms with Crippen LogP contribution in [0.2, 0.25) is 0 Å². The lowest BCUT2D eigenvalue weighted by molar-refractivity contribution is -0.384. The fraction of sp³-hybridized carbons (Fsp3) is 0.583. The molecule has 0 aliphatic rings. The van der Waals surface area contributed by atoms with Crippen LogP contribution in [0.4, 0.5) is 17.3 Å². The Morgan fingerprint density at radius 1 is 1.50 bits per heavy atom. The van der Waals surface area contributed by atoms with Crippen LogP contribution in [0.15, 0.2) is 12.1 Å². The molecule has 8 heteroatoms. The average Bonchev–Trinajstić information content (AvgIpc) is 2.36. The second-order valence-electron chi connectivity index (χ2n) is 4.64. The Kier molecular flexibility index (Phi) is 6.03. The summed E-state index contributed by atoms with van der Waals surface area (Å²) in [4.78, 5) is 14.7. The molecule has 0 aliphatic heterocycles. The molecule has 0 aliphatic carbocycles. The Bertz CT molecular complexity index is 468. The van der Waals surface area contributed by atoms with Gasteiger partial charge in [-0.15, -0.1) is 0 Å². The molecule has 20 heavy (non-hydrogen) atoms. The van der Waals surface area contributed by atoms with E-state index >= 15 is 0 Å². The van der Waals surface area contributed by atoms with Gasteiger partial charge in [0.05, 0.1) is 10.5 Å². The lowest BCUT2D eigenvalue weighted by atomic mass is 10.1. The monoisotopic (exact) mass is 300 g/mol. The van der Waals surface area contributed by atoms with Gasteiger partial charge in [-0.05, 0) is 26.2 Å². The van der Waals surface area contributed by atoms with Gasteiger partial charge in [0.1, 0.15) is 5.82 Å². The van der Waals surface area contributed by atoms with Crippen molar-refractivity contribution in [2.24, 2.45) is 0 Å². The molecule has 1 aromatic heterocycles. The van der Waals surface area contributed by atoms with E-state index in [2.05, 4.69) is 15.6 Å². The number of aromatic nitrogens is 1. The summed E-state index contributed by atoms with van der Waals surface area (Å²) in [6, 6.07) is 2.96. The lowest BCUT2D eigenvalue weighted by Gasteiger charge is -2.22. The van der Waals surface area contributed by atoms with Crippen LogP contribution in [0.5, 0.6) is 0 Å². The molecule has 1 unspecified atom stereocenters. The van der Waals surface area contributed by atoms with Crippen LogP contribution < -0.4 is 10.6 Å². The highest BCUT2D eigenvalue weighted by Crippen LogP contribution is 2.24. The second kappa shape index (κ2) is 7.30. The third-order valence-corrected chi connectivity index (χ3v) is 3.43. The highest BCUT2D eigenvalue weighted by Gasteiger charge is 2.22. The van der Waals surface area contributed by atoms with Crippen LogP contribution in [0.25, 0.3) is 0 Å². The molecule has 0 spiro atoms. The Hall–Kier alpha value is -1.54. The predicted molar refractivity (Wildman–Crippen MR) is 82.6 cm³/mol. The van der Waals surface area contributed by atoms with Gasteiger partial charge in [0.2, 0.25) is 5.82 Å². The summed E-state index contributed by atoms with van der Waals surface area (Å²) in [5.74, 6) is 1.25. The number of nitro groups is 1. The van der Waals surface area contributed by atoms with E-state index in [0.29, 0.717) is 18.1 Å². The Morgan fingerprint density at radius 2 is 2.20 bits per heavy atom. The van der Waals surface area contributed by atoms with Crippen molar-refractivity contribution in [2.75, 3.05) is 35.7 Å². The summed E-state index contributed by atoms with van der Waals surface area (Å²) in [6.45, 7) is 4.46. The van der Waals surface area contributed by atoms with Crippen molar-refractivity contribution in [1.82, 2.24) is 4.98 Å². The van der Waals surface area contributed by atoms with Gasteiger partial charge in [0.15, 0.2) is 0 Å². The van der Waals surface area contributed by atoms with Gasteiger partial charge in [-0.3, -0.25) is 10.1 Å². The molecule has 7 nitrogen and oxygen atoms in total. The molecule has 112 valence electrons. The van der Waals surface area contributed by atoms with Gasteiger partial charge >= 0.3 is 5.69 Å². The van der Waals surface area contributed by atoms with Crippen molar-refractivity contribution in [3.05, 3.63) is 22.2 Å². The van der Waals surface area contributed by atoms with E-state index < -0.39 is 10.5 Å². The van der Waals surface area contributed by atoms with Gasteiger partial charge < -0.3 is 15.7 Å². The summed E-state index contributed by atoms with van der Waals surface area (Å²) in [5.41, 5.74) is -1.06. The van der Waals surface area contributed by atoms with Gasteiger partial charge in [-0.2, -0.15) is 11.8 Å². The Morgan fingerprint density at radius 3 is 2.75 bits per heavy atom. The standard InChI is InChI=1S/C12H20N4O3S/c1-4-13-10-6-5-9(16(18)19)11(15-10)14-7-12(2,17)8-20-3/h5-6,17H,4,7-8H2,1-3H3,(H2,13,14,15). The molecule has 1 heterocycles. The molecule has 0 bridgehead atoms. The molecule has 3 N–H and O–H groups in total. The predicted octanol–water partition coefficient (Wildman–Crippen LogP) is 1.95. The molecular formula is C12H20N4O3S. The first-order valence-electron chi connectivity index (χ1n) is 6.24. The first kappa shape index (κ1) is 16.5. The zero-order valence-electron chi connectivity index (χ0n) is 11.8. The van der Waals surface area contributed by atoms with Gasteiger partial charge in [-0.25, -0.2) is 4.98 Å². The Balaban J connectivity index is 2.90. The van der Waals surface area contributed by atoms with Crippen LogP contribution in [0.1, 0.15) is 13.8 Å². The minimum atomic E-state index is -0.955. The van der Waals surface area contributed by atoms with E-state index in [9.17, 15) is 15.2 Å². The molecule has 0 fully saturated rings. The average molecular weight is 300 g/mol. The van der Waals surface area contributed by atoms with Gasteiger partial charge in [-0.1, -0.05) is 0 Å². The van der Waals surface area contributed by atoms with Crippen molar-refractivity contribution in [2.45, 2.75) is 19.4 Å². The summed E-state index contributed by atoms with van der Waals surface area (Å²) >= 11 is 1.51. The van der Waals surface area contributed by atoms with Crippen LogP contribution >= 0.6 is 11.8 Å². The number of aliphatic hydroxyl groups is 1. The highest BCUT2D eigenvalue weighted by atomic mass is 32.2. The normalized spacial score (nSPS) is 13.6. The molecule has 1 aromatic rings. The molecule has 0 saturated heterocycles. The van der Waals surface area contributed by atoms with Crippen molar-refractivity contribution in [1.29, 1.82) is 0 Å². The third kappa shape index (κ3) is 4.86. The number of rotatable bonds is 8. The maximum atomic E-state index is 11.0. The topological polar surface area (TPSA) is 100 Å². The molecule has 0 amide bonds. The van der Waals surface area contributed by atoms with Crippen LogP contribution in [0.3, 0.4) is 0 Å². The number of hydrogen-bond acceptors (Lipinski definition) is 7. The largest absolute Gasteiger partial charge is 0.387 e. The third-order valence-electron chi connectivity index (χ3n) is 2.52. The van der Waals surface area contributed by atoms with E-state index in [4.69, 9.17) is 0 Å². The molecule has 1 atom stereocenters. The van der Waals surface area contributed by atoms with Crippen molar-refractivity contribution in [3.63, 3.8) is 0 Å². The van der Waals surface area contributed by atoms with Crippen molar-refractivity contribution < 1.29 is 10.0 Å². The quantitative estimate of drug-likeness (QED) is 0.498. The summed E-state index contributed by atoms with van der Waals surface area (Å²) in [6.07, 6.45) is 1.89. The fourth-order valence-electron chi connectivity index (χ4n) is 1.64. The van der Waals surface area contributed by atoms with Crippen LogP contribution in [-0.2, 0) is 0 Å². The maximum absolute atomic E-state index is 11.0. The van der Waals surface area contributed by atoms with Crippen molar-refractivity contribution in [3.8, 4) is 0 Å². The van der Waals surface area contributed by atoms with E-state index in [1.54, 1.807) is 13.0 Å². The number of thioether (sulfide) groups is 1. The van der Waals surface area contributed by atoms with Gasteiger partial charge in [0.25, 0.3) is 0 Å². The summed E-state index contributed by atoms with van der Waals surface area (Å²) < 4.78 is 0. The minimum Gasteiger partial charge on any atom is -0.387 e. The summed E-state index contributed by atoms with van der Waals surface area (Å²) in [7, 11) is 0. The Labute approximate surface area is 122 Å². The fourth-order valence-corrected chi connectivity index (χ4v) is 2.37. The number of nitrogens with one attached hydrogen (secondary N) is 2. The first-order chi connectivity index (χ1) is 9.39. The molecule has 0 aromatic carbocycles. The maximum Gasteiger partial charge on any atom is 0.311 e. The van der Waals surface area contributed by atoms with E-state index in [1.807, 2.05) is 13.2 Å². The molecule has 0 radical (unpaired) electrons. The number of pyridine rings is 1. The highest BCUT2D eigenvalue weighted by molar-refractivity contribution is 7.98. The minimum absolute atomic E-state index is 0.105. The lowest BCUT2D eigenvalue weighted by Crippen LogP contribution is -2.36. The van der Waals surface area contributed by atoms with Crippen molar-refractivity contribution >= 4 is 29.1 Å². The number of nitrogens with zero attached hydrogens (tertiary/aromatic N) is 2. The summed E-state index contributed by atoms with van der Waals surface area (Å²) in [5, 5.41) is 26.9. The van der Waals surface area contributed by atoms with E-state index in [0.717, 1.165) is 0 Å². The zero-order chi connectivity index (χ0) is 15.2. The first-order valence-corrected chi connectivity index (χ1v) is 7.63. The SMILES string of the molecule is CCNc1ccc([N+](=O)[O-])c(NCC(C)(O)CSC)n1. The van der Waals surface area contributed by atoms with Crippen LogP contribution in [0, 0.1) is 10.1 Å². The second-order valence-corrected chi connectivity index (χ2v) is 5.50. The molecule has 1 rings (SSSR count). The zero-order valence-corrected chi connectivity index (χ0v) is 12.7. The van der Waals surface area contributed by atoms with E-state index in [-0.39, 0.29) is 18.1 Å². The van der Waals surface area contributed by atoms with Gasteiger partial charge in [0, 0.05) is 24.9 Å².